The third-order valence-electron chi connectivity index (χ3n) is 4.50. The van der Waals surface area contributed by atoms with Gasteiger partial charge in [-0.25, -0.2) is 9.97 Å². The van der Waals surface area contributed by atoms with E-state index < -0.39 is 0 Å². The molecule has 1 N–H and O–H groups in total. The number of carbonyl (C=O) groups excluding carboxylic acids is 1. The van der Waals surface area contributed by atoms with Crippen LogP contribution in [0.5, 0.6) is 17.4 Å². The number of nitrogens with zero attached hydrogens (tertiary/aromatic N) is 2. The molecular weight excluding hydrogens is 394 g/mol. The number of methoxy groups -OCH3 is 1. The van der Waals surface area contributed by atoms with Gasteiger partial charge in [0.1, 0.15) is 17.2 Å². The van der Waals surface area contributed by atoms with Crippen molar-refractivity contribution in [1.29, 1.82) is 0 Å². The number of hydrogen-bond donors (Lipinski definition) is 1. The normalized spacial score (nSPS) is 10.5. The van der Waals surface area contributed by atoms with Gasteiger partial charge in [0, 0.05) is 24.6 Å². The Bertz CT molecular complexity index is 1140. The Morgan fingerprint density at radius 1 is 0.968 bits per heavy atom. The molecule has 0 aliphatic carbocycles. The van der Waals surface area contributed by atoms with Crippen molar-refractivity contribution < 1.29 is 18.7 Å². The van der Waals surface area contributed by atoms with Crippen molar-refractivity contribution in [2.24, 2.45) is 0 Å². The summed E-state index contributed by atoms with van der Waals surface area (Å²) in [5.74, 6) is 2.62. The second-order valence-corrected chi connectivity index (χ2v) is 6.67. The number of anilines is 1. The van der Waals surface area contributed by atoms with Crippen molar-refractivity contribution >= 4 is 11.6 Å². The summed E-state index contributed by atoms with van der Waals surface area (Å²) in [5.41, 5.74) is 1.43. The van der Waals surface area contributed by atoms with Crippen LogP contribution in [0.1, 0.15) is 12.3 Å². The first-order chi connectivity index (χ1) is 15.2. The minimum atomic E-state index is -0.188. The molecule has 0 saturated carbocycles. The fraction of sp³-hybridized carbons (Fsp3) is 0.125. The smallest absolute Gasteiger partial charge is 0.243 e. The first-order valence-electron chi connectivity index (χ1n) is 9.78. The van der Waals surface area contributed by atoms with Crippen LogP contribution in [-0.4, -0.2) is 23.0 Å². The molecule has 2 aromatic heterocycles. The number of rotatable bonds is 8. The molecule has 0 atom stereocenters. The predicted molar refractivity (Wildman–Crippen MR) is 116 cm³/mol. The van der Waals surface area contributed by atoms with Crippen LogP contribution in [0.4, 0.5) is 5.69 Å². The number of pyridine rings is 1. The van der Waals surface area contributed by atoms with Crippen LogP contribution in [0.2, 0.25) is 0 Å². The van der Waals surface area contributed by atoms with Gasteiger partial charge >= 0.3 is 0 Å². The molecule has 0 saturated heterocycles. The Balaban J connectivity index is 1.36. The van der Waals surface area contributed by atoms with Gasteiger partial charge in [-0.3, -0.25) is 4.79 Å². The summed E-state index contributed by atoms with van der Waals surface area (Å²) in [7, 11) is 1.60. The number of hydrogen-bond acceptors (Lipinski definition) is 6. The molecule has 156 valence electrons. The Kier molecular flexibility index (Phi) is 6.23. The van der Waals surface area contributed by atoms with Crippen LogP contribution in [0.25, 0.3) is 11.3 Å². The van der Waals surface area contributed by atoms with E-state index in [1.807, 2.05) is 30.3 Å². The molecule has 2 heterocycles. The number of amides is 1. The Hall–Kier alpha value is -4.13. The van der Waals surface area contributed by atoms with E-state index in [4.69, 9.17) is 13.9 Å². The standard InChI is InChI=1S/C24H21N3O4/c1-29-18-9-11-19(12-10-18)30-24-20(8-5-15-25-24)27-22(28)13-14-23-26-16-21(31-23)17-6-3-2-4-7-17/h2-12,15-16H,13-14H2,1H3,(H,27,28). The van der Waals surface area contributed by atoms with E-state index in [2.05, 4.69) is 15.3 Å². The zero-order chi connectivity index (χ0) is 21.5. The molecule has 0 radical (unpaired) electrons. The highest BCUT2D eigenvalue weighted by atomic mass is 16.5. The molecule has 0 fully saturated rings. The number of carbonyl (C=O) groups is 1. The molecule has 7 heteroatoms. The lowest BCUT2D eigenvalue weighted by Gasteiger charge is -2.11. The SMILES string of the molecule is COc1ccc(Oc2ncccc2NC(=O)CCc2ncc(-c3ccccc3)o2)cc1. The van der Waals surface area contributed by atoms with Crippen molar-refractivity contribution in [3.63, 3.8) is 0 Å². The lowest BCUT2D eigenvalue weighted by molar-refractivity contribution is -0.116. The summed E-state index contributed by atoms with van der Waals surface area (Å²) in [6.07, 6.45) is 3.87. The van der Waals surface area contributed by atoms with E-state index in [0.717, 1.165) is 11.3 Å². The molecule has 1 amide bonds. The summed E-state index contributed by atoms with van der Waals surface area (Å²) in [5, 5.41) is 2.84. The van der Waals surface area contributed by atoms with Gasteiger partial charge in [0.25, 0.3) is 0 Å². The minimum absolute atomic E-state index is 0.188. The van der Waals surface area contributed by atoms with Crippen molar-refractivity contribution in [3.05, 3.63) is 85.0 Å². The number of oxazole rings is 1. The third kappa shape index (κ3) is 5.27. The second-order valence-electron chi connectivity index (χ2n) is 6.67. The highest BCUT2D eigenvalue weighted by Crippen LogP contribution is 2.28. The third-order valence-corrected chi connectivity index (χ3v) is 4.50. The van der Waals surface area contributed by atoms with Crippen molar-refractivity contribution in [1.82, 2.24) is 9.97 Å². The summed E-state index contributed by atoms with van der Waals surface area (Å²) in [6.45, 7) is 0. The topological polar surface area (TPSA) is 86.5 Å². The van der Waals surface area contributed by atoms with Crippen LogP contribution in [-0.2, 0) is 11.2 Å². The maximum Gasteiger partial charge on any atom is 0.243 e. The van der Waals surface area contributed by atoms with Crippen LogP contribution >= 0.6 is 0 Å². The molecule has 7 nitrogen and oxygen atoms in total. The molecule has 4 aromatic rings. The molecule has 31 heavy (non-hydrogen) atoms. The quantitative estimate of drug-likeness (QED) is 0.430. The summed E-state index contributed by atoms with van der Waals surface area (Å²) < 4.78 is 16.7. The van der Waals surface area contributed by atoms with Crippen LogP contribution in [0, 0.1) is 0 Å². The highest BCUT2D eigenvalue weighted by molar-refractivity contribution is 5.92. The van der Waals surface area contributed by atoms with Gasteiger partial charge in [-0.2, -0.15) is 0 Å². The molecule has 0 bridgehead atoms. The maximum atomic E-state index is 12.5. The largest absolute Gasteiger partial charge is 0.497 e. The average molecular weight is 415 g/mol. The van der Waals surface area contributed by atoms with Crippen LogP contribution in [0.15, 0.2) is 83.5 Å². The van der Waals surface area contributed by atoms with Crippen molar-refractivity contribution in [2.75, 3.05) is 12.4 Å². The summed E-state index contributed by atoms with van der Waals surface area (Å²) in [4.78, 5) is 21.0. The van der Waals surface area contributed by atoms with E-state index in [-0.39, 0.29) is 12.3 Å². The Labute approximate surface area is 179 Å². The number of aromatic nitrogens is 2. The van der Waals surface area contributed by atoms with Gasteiger partial charge in [-0.05, 0) is 36.4 Å². The van der Waals surface area contributed by atoms with Crippen molar-refractivity contribution in [2.45, 2.75) is 12.8 Å². The maximum absolute atomic E-state index is 12.5. The lowest BCUT2D eigenvalue weighted by Crippen LogP contribution is -2.13. The lowest BCUT2D eigenvalue weighted by atomic mass is 10.2. The van der Waals surface area contributed by atoms with Gasteiger partial charge in [0.2, 0.25) is 11.8 Å². The molecule has 0 aliphatic heterocycles. The highest BCUT2D eigenvalue weighted by Gasteiger charge is 2.12. The first-order valence-corrected chi connectivity index (χ1v) is 9.78. The zero-order valence-corrected chi connectivity index (χ0v) is 16.9. The molecule has 4 rings (SSSR count). The zero-order valence-electron chi connectivity index (χ0n) is 16.9. The van der Waals surface area contributed by atoms with Gasteiger partial charge in [0.15, 0.2) is 11.7 Å². The van der Waals surface area contributed by atoms with Crippen LogP contribution < -0.4 is 14.8 Å². The molecule has 0 aliphatic rings. The van der Waals surface area contributed by atoms with E-state index in [1.54, 1.807) is 55.9 Å². The van der Waals surface area contributed by atoms with Crippen LogP contribution in [0.3, 0.4) is 0 Å². The molecule has 0 spiro atoms. The number of aryl methyl sites for hydroxylation is 1. The predicted octanol–water partition coefficient (Wildman–Crippen LogP) is 5.11. The monoisotopic (exact) mass is 415 g/mol. The Morgan fingerprint density at radius 2 is 1.74 bits per heavy atom. The molecule has 0 unspecified atom stereocenters. The Morgan fingerprint density at radius 3 is 2.52 bits per heavy atom. The first kappa shape index (κ1) is 20.2. The summed E-state index contributed by atoms with van der Waals surface area (Å²) >= 11 is 0. The van der Waals surface area contributed by atoms with E-state index in [0.29, 0.717) is 35.4 Å². The van der Waals surface area contributed by atoms with E-state index >= 15 is 0 Å². The fourth-order valence-corrected chi connectivity index (χ4v) is 2.92. The average Bonchev–Trinajstić information content (AvgIpc) is 3.29. The minimum Gasteiger partial charge on any atom is -0.497 e. The number of benzene rings is 2. The molecule has 2 aromatic carbocycles. The second kappa shape index (κ2) is 9.58. The number of nitrogens with one attached hydrogen (secondary N) is 1. The van der Waals surface area contributed by atoms with Gasteiger partial charge in [-0.15, -0.1) is 0 Å². The fourth-order valence-electron chi connectivity index (χ4n) is 2.92. The van der Waals surface area contributed by atoms with Gasteiger partial charge < -0.3 is 19.2 Å². The van der Waals surface area contributed by atoms with E-state index in [9.17, 15) is 4.79 Å². The van der Waals surface area contributed by atoms with Gasteiger partial charge in [0.05, 0.1) is 13.3 Å². The number of ether oxygens (including phenoxy) is 2. The van der Waals surface area contributed by atoms with E-state index in [1.165, 1.54) is 0 Å². The molecular formula is C24H21N3O4. The van der Waals surface area contributed by atoms with Crippen molar-refractivity contribution in [3.8, 4) is 28.7 Å². The van der Waals surface area contributed by atoms with Gasteiger partial charge in [-0.1, -0.05) is 30.3 Å². The summed E-state index contributed by atoms with van der Waals surface area (Å²) in [6, 6.07) is 20.3.